The van der Waals surface area contributed by atoms with E-state index in [1.54, 1.807) is 12.1 Å². The van der Waals surface area contributed by atoms with Gasteiger partial charge in [-0.2, -0.15) is 9.97 Å². The fourth-order valence-corrected chi connectivity index (χ4v) is 3.29. The summed E-state index contributed by atoms with van der Waals surface area (Å²) in [6, 6.07) is 5.28. The number of hydrogen-bond donors (Lipinski definition) is 3. The molecule has 1 aliphatic rings. The number of anilines is 2. The zero-order valence-corrected chi connectivity index (χ0v) is 12.3. The van der Waals surface area contributed by atoms with Crippen molar-refractivity contribution in [2.75, 3.05) is 23.7 Å². The van der Waals surface area contributed by atoms with Crippen LogP contribution in [0.4, 0.5) is 11.8 Å². The van der Waals surface area contributed by atoms with E-state index in [-0.39, 0.29) is 11.7 Å². The highest BCUT2D eigenvalue weighted by atomic mass is 16.3. The van der Waals surface area contributed by atoms with E-state index in [1.807, 2.05) is 6.07 Å². The van der Waals surface area contributed by atoms with Crippen LogP contribution in [-0.2, 0) is 0 Å². The predicted molar refractivity (Wildman–Crippen MR) is 88.2 cm³/mol. The van der Waals surface area contributed by atoms with Gasteiger partial charge in [-0.25, -0.2) is 0 Å². The number of nitrogens with one attached hydrogen (secondary N) is 1. The Morgan fingerprint density at radius 2 is 1.86 bits per heavy atom. The van der Waals surface area contributed by atoms with E-state index >= 15 is 0 Å². The van der Waals surface area contributed by atoms with Gasteiger partial charge in [-0.15, -0.1) is 0 Å². The minimum absolute atomic E-state index is 0.243. The summed E-state index contributed by atoms with van der Waals surface area (Å²) in [6.45, 7) is 1.97. The van der Waals surface area contributed by atoms with Crippen molar-refractivity contribution < 1.29 is 5.11 Å². The van der Waals surface area contributed by atoms with Gasteiger partial charge in [0.05, 0.1) is 5.39 Å². The van der Waals surface area contributed by atoms with Crippen molar-refractivity contribution >= 4 is 33.7 Å². The normalized spacial score (nSPS) is 16.3. The molecule has 0 bridgehead atoms. The molecule has 1 fully saturated rings. The Bertz CT molecular complexity index is 833. The summed E-state index contributed by atoms with van der Waals surface area (Å²) in [6.07, 6.45) is 4.85. The van der Waals surface area contributed by atoms with Crippen LogP contribution in [-0.4, -0.2) is 33.1 Å². The molecule has 4 rings (SSSR count). The first-order valence-corrected chi connectivity index (χ1v) is 7.75. The lowest BCUT2D eigenvalue weighted by atomic mass is 10.2. The van der Waals surface area contributed by atoms with Gasteiger partial charge in [0.1, 0.15) is 17.2 Å². The minimum Gasteiger partial charge on any atom is -0.508 e. The average molecular weight is 297 g/mol. The molecule has 1 aliphatic heterocycles. The zero-order valence-electron chi connectivity index (χ0n) is 12.3. The van der Waals surface area contributed by atoms with Crippen molar-refractivity contribution in [2.45, 2.75) is 25.7 Å². The van der Waals surface area contributed by atoms with Gasteiger partial charge in [-0.05, 0) is 31.0 Å². The maximum absolute atomic E-state index is 9.82. The highest BCUT2D eigenvalue weighted by molar-refractivity contribution is 6.12. The topological polar surface area (TPSA) is 91.1 Å². The van der Waals surface area contributed by atoms with Crippen molar-refractivity contribution in [3.63, 3.8) is 0 Å². The average Bonchev–Trinajstić information content (AvgIpc) is 2.69. The van der Waals surface area contributed by atoms with E-state index in [4.69, 9.17) is 5.73 Å². The van der Waals surface area contributed by atoms with Gasteiger partial charge in [0.2, 0.25) is 5.95 Å². The summed E-state index contributed by atoms with van der Waals surface area (Å²) >= 11 is 0. The van der Waals surface area contributed by atoms with Crippen LogP contribution in [0.1, 0.15) is 25.7 Å². The molecule has 2 aromatic heterocycles. The van der Waals surface area contributed by atoms with Crippen LogP contribution in [0.25, 0.3) is 21.9 Å². The van der Waals surface area contributed by atoms with E-state index in [9.17, 15) is 5.11 Å². The van der Waals surface area contributed by atoms with E-state index in [2.05, 4.69) is 19.9 Å². The number of H-pyrrole nitrogens is 1. The van der Waals surface area contributed by atoms with Crippen molar-refractivity contribution in [1.82, 2.24) is 15.0 Å². The Hall–Kier alpha value is -2.50. The lowest BCUT2D eigenvalue weighted by molar-refractivity contribution is 0.476. The maximum atomic E-state index is 9.82. The number of hydrogen-bond acceptors (Lipinski definition) is 5. The van der Waals surface area contributed by atoms with Gasteiger partial charge in [-0.1, -0.05) is 12.8 Å². The summed E-state index contributed by atoms with van der Waals surface area (Å²) < 4.78 is 0. The molecule has 3 heterocycles. The second-order valence-electron chi connectivity index (χ2n) is 5.89. The Labute approximate surface area is 128 Å². The largest absolute Gasteiger partial charge is 0.508 e. The molecule has 0 spiro atoms. The summed E-state index contributed by atoms with van der Waals surface area (Å²) in [5.41, 5.74) is 7.57. The molecule has 114 valence electrons. The maximum Gasteiger partial charge on any atom is 0.223 e. The van der Waals surface area contributed by atoms with Crippen molar-refractivity contribution in [1.29, 1.82) is 0 Å². The third-order valence-corrected chi connectivity index (χ3v) is 4.34. The fourth-order valence-electron chi connectivity index (χ4n) is 3.29. The Kier molecular flexibility index (Phi) is 3.03. The van der Waals surface area contributed by atoms with Crippen molar-refractivity contribution in [3.8, 4) is 5.75 Å². The number of aromatic nitrogens is 3. The molecule has 1 aromatic carbocycles. The molecule has 0 radical (unpaired) electrons. The number of aromatic amines is 1. The number of phenolic OH excluding ortho intramolecular Hbond substituents is 1. The number of rotatable bonds is 1. The Balaban J connectivity index is 1.98. The van der Waals surface area contributed by atoms with Crippen LogP contribution in [0.2, 0.25) is 0 Å². The van der Waals surface area contributed by atoms with Gasteiger partial charge in [-0.3, -0.25) is 0 Å². The summed E-state index contributed by atoms with van der Waals surface area (Å²) in [5.74, 6) is 1.40. The van der Waals surface area contributed by atoms with Crippen LogP contribution in [0.5, 0.6) is 5.75 Å². The summed E-state index contributed by atoms with van der Waals surface area (Å²) in [5, 5.41) is 11.7. The monoisotopic (exact) mass is 297 g/mol. The number of nitrogen functional groups attached to an aromatic ring is 1. The van der Waals surface area contributed by atoms with Crippen LogP contribution >= 0.6 is 0 Å². The first kappa shape index (κ1) is 13.2. The molecular formula is C16H19N5O. The highest BCUT2D eigenvalue weighted by Gasteiger charge is 2.19. The second kappa shape index (κ2) is 5.05. The molecule has 0 unspecified atom stereocenters. The number of benzene rings is 1. The van der Waals surface area contributed by atoms with E-state index < -0.39 is 0 Å². The number of nitrogens with zero attached hydrogens (tertiary/aromatic N) is 3. The standard InChI is InChI=1S/C16H19N5O/c17-16-19-14-13(11-9-10(22)5-6-12(11)18-14)15(20-16)21-7-3-1-2-4-8-21/h5-6,9,22H,1-4,7-8H2,(H3,17,18,19,20). The van der Waals surface area contributed by atoms with Gasteiger partial charge in [0.15, 0.2) is 0 Å². The fraction of sp³-hybridized carbons (Fsp3) is 0.375. The first-order chi connectivity index (χ1) is 10.7. The minimum atomic E-state index is 0.243. The number of aromatic hydroxyl groups is 1. The van der Waals surface area contributed by atoms with Gasteiger partial charge >= 0.3 is 0 Å². The lowest BCUT2D eigenvalue weighted by Gasteiger charge is -2.22. The van der Waals surface area contributed by atoms with Gasteiger partial charge < -0.3 is 20.7 Å². The summed E-state index contributed by atoms with van der Waals surface area (Å²) in [7, 11) is 0. The van der Waals surface area contributed by atoms with E-state index in [0.29, 0.717) is 0 Å². The predicted octanol–water partition coefficient (Wildman–Crippen LogP) is 2.78. The number of nitrogens with two attached hydrogens (primary N) is 1. The highest BCUT2D eigenvalue weighted by Crippen LogP contribution is 2.34. The molecule has 3 aromatic rings. The molecule has 22 heavy (non-hydrogen) atoms. The van der Waals surface area contributed by atoms with Crippen LogP contribution < -0.4 is 10.6 Å². The third-order valence-electron chi connectivity index (χ3n) is 4.34. The van der Waals surface area contributed by atoms with E-state index in [0.717, 1.165) is 40.8 Å². The van der Waals surface area contributed by atoms with Gasteiger partial charge in [0.25, 0.3) is 0 Å². The number of fused-ring (bicyclic) bond motifs is 3. The lowest BCUT2D eigenvalue weighted by Crippen LogP contribution is -2.25. The molecule has 6 nitrogen and oxygen atoms in total. The summed E-state index contributed by atoms with van der Waals surface area (Å²) in [4.78, 5) is 14.4. The quantitative estimate of drug-likeness (QED) is 0.642. The zero-order chi connectivity index (χ0) is 15.1. The van der Waals surface area contributed by atoms with Crippen LogP contribution in [0.3, 0.4) is 0 Å². The van der Waals surface area contributed by atoms with Gasteiger partial charge in [0, 0.05) is 24.0 Å². The van der Waals surface area contributed by atoms with Crippen LogP contribution in [0, 0.1) is 0 Å². The molecule has 6 heteroatoms. The Morgan fingerprint density at radius 1 is 1.09 bits per heavy atom. The van der Waals surface area contributed by atoms with E-state index in [1.165, 1.54) is 25.7 Å². The Morgan fingerprint density at radius 3 is 2.64 bits per heavy atom. The molecule has 0 aliphatic carbocycles. The molecule has 0 atom stereocenters. The number of phenols is 1. The van der Waals surface area contributed by atoms with Crippen molar-refractivity contribution in [2.24, 2.45) is 0 Å². The molecular weight excluding hydrogens is 278 g/mol. The first-order valence-electron chi connectivity index (χ1n) is 7.75. The molecule has 0 amide bonds. The molecule has 1 saturated heterocycles. The SMILES string of the molecule is Nc1nc(N2CCCCCC2)c2c(n1)[nH]c1ccc(O)cc12. The second-order valence-corrected chi connectivity index (χ2v) is 5.89. The molecule has 0 saturated carbocycles. The smallest absolute Gasteiger partial charge is 0.223 e. The third kappa shape index (κ3) is 2.11. The van der Waals surface area contributed by atoms with Crippen molar-refractivity contribution in [3.05, 3.63) is 18.2 Å². The molecule has 4 N–H and O–H groups in total. The van der Waals surface area contributed by atoms with Crippen LogP contribution in [0.15, 0.2) is 18.2 Å².